The molecule has 0 bridgehead atoms. The van der Waals surface area contributed by atoms with Gasteiger partial charge in [-0.05, 0) is 32.4 Å². The topological polar surface area (TPSA) is 61.8 Å². The summed E-state index contributed by atoms with van der Waals surface area (Å²) < 4.78 is 15.5. The zero-order chi connectivity index (χ0) is 15.0. The highest BCUT2D eigenvalue weighted by Crippen LogP contribution is 2.25. The van der Waals surface area contributed by atoms with Crippen LogP contribution in [0, 0.1) is 0 Å². The van der Waals surface area contributed by atoms with Crippen LogP contribution in [-0.2, 0) is 9.53 Å². The molecule has 0 aromatic heterocycles. The summed E-state index contributed by atoms with van der Waals surface area (Å²) in [7, 11) is 1.55. The van der Waals surface area contributed by atoms with Crippen molar-refractivity contribution < 1.29 is 23.8 Å². The van der Waals surface area contributed by atoms with E-state index in [1.807, 2.05) is 0 Å². The van der Waals surface area contributed by atoms with E-state index in [4.69, 9.17) is 14.2 Å². The van der Waals surface area contributed by atoms with Gasteiger partial charge in [0.2, 0.25) is 0 Å². The lowest BCUT2D eigenvalue weighted by Crippen LogP contribution is -2.08. The van der Waals surface area contributed by atoms with Gasteiger partial charge in [0.05, 0.1) is 25.9 Å². The van der Waals surface area contributed by atoms with Gasteiger partial charge in [-0.1, -0.05) is 0 Å². The largest absolute Gasteiger partial charge is 0.497 e. The van der Waals surface area contributed by atoms with E-state index in [1.165, 1.54) is 6.92 Å². The van der Waals surface area contributed by atoms with Gasteiger partial charge in [-0.15, -0.1) is 0 Å². The fourth-order valence-electron chi connectivity index (χ4n) is 1.67. The number of hydrogen-bond acceptors (Lipinski definition) is 5. The molecule has 0 atom stereocenters. The van der Waals surface area contributed by atoms with Gasteiger partial charge < -0.3 is 14.2 Å². The number of hydrogen-bond donors (Lipinski definition) is 0. The van der Waals surface area contributed by atoms with Crippen LogP contribution in [0.2, 0.25) is 0 Å². The maximum Gasteiger partial charge on any atom is 0.305 e. The highest BCUT2D eigenvalue weighted by Gasteiger charge is 2.10. The van der Waals surface area contributed by atoms with Crippen molar-refractivity contribution in [2.24, 2.45) is 0 Å². The van der Waals surface area contributed by atoms with E-state index >= 15 is 0 Å². The van der Waals surface area contributed by atoms with Crippen LogP contribution in [0.15, 0.2) is 18.2 Å². The van der Waals surface area contributed by atoms with Crippen molar-refractivity contribution in [1.29, 1.82) is 0 Å². The van der Waals surface area contributed by atoms with Crippen molar-refractivity contribution in [3.05, 3.63) is 23.8 Å². The Balaban J connectivity index is 2.57. The summed E-state index contributed by atoms with van der Waals surface area (Å²) in [5.74, 6) is 0.776. The molecule has 0 spiro atoms. The highest BCUT2D eigenvalue weighted by atomic mass is 16.5. The molecular weight excluding hydrogens is 260 g/mol. The number of rotatable bonds is 8. The Hall–Kier alpha value is -2.04. The van der Waals surface area contributed by atoms with Crippen molar-refractivity contribution in [2.75, 3.05) is 20.3 Å². The Morgan fingerprint density at radius 1 is 1.25 bits per heavy atom. The molecule has 0 radical (unpaired) electrons. The third-order valence-corrected chi connectivity index (χ3v) is 2.66. The van der Waals surface area contributed by atoms with Gasteiger partial charge in [-0.3, -0.25) is 9.59 Å². The summed E-state index contributed by atoms with van der Waals surface area (Å²) >= 11 is 0. The SMILES string of the molecule is CCOC(=O)CCCOc1cc(OC)ccc1C(C)=O. The molecule has 1 aromatic carbocycles. The van der Waals surface area contributed by atoms with Crippen LogP contribution in [0.3, 0.4) is 0 Å². The van der Waals surface area contributed by atoms with E-state index in [1.54, 1.807) is 32.2 Å². The summed E-state index contributed by atoms with van der Waals surface area (Å²) in [6.45, 7) is 3.97. The first-order chi connectivity index (χ1) is 9.58. The Morgan fingerprint density at radius 3 is 2.60 bits per heavy atom. The molecule has 110 valence electrons. The van der Waals surface area contributed by atoms with Crippen LogP contribution in [0.25, 0.3) is 0 Å². The fraction of sp³-hybridized carbons (Fsp3) is 0.467. The van der Waals surface area contributed by atoms with Crippen LogP contribution in [0.5, 0.6) is 11.5 Å². The second-order valence-corrected chi connectivity index (χ2v) is 4.18. The van der Waals surface area contributed by atoms with Gasteiger partial charge in [-0.25, -0.2) is 0 Å². The molecule has 0 saturated carbocycles. The molecular formula is C15H20O5. The van der Waals surface area contributed by atoms with Gasteiger partial charge in [0.1, 0.15) is 11.5 Å². The number of carbonyl (C=O) groups is 2. The molecule has 0 aliphatic rings. The second kappa shape index (κ2) is 8.19. The van der Waals surface area contributed by atoms with Crippen molar-refractivity contribution in [2.45, 2.75) is 26.7 Å². The number of ether oxygens (including phenoxy) is 3. The van der Waals surface area contributed by atoms with Crippen LogP contribution >= 0.6 is 0 Å². The van der Waals surface area contributed by atoms with Gasteiger partial charge >= 0.3 is 5.97 Å². The van der Waals surface area contributed by atoms with Crippen molar-refractivity contribution >= 4 is 11.8 Å². The third kappa shape index (κ3) is 4.91. The third-order valence-electron chi connectivity index (χ3n) is 2.66. The molecule has 0 saturated heterocycles. The molecule has 5 heteroatoms. The van der Waals surface area contributed by atoms with E-state index in [-0.39, 0.29) is 11.8 Å². The number of ketones is 1. The van der Waals surface area contributed by atoms with E-state index in [0.29, 0.717) is 43.1 Å². The molecule has 20 heavy (non-hydrogen) atoms. The molecule has 1 aromatic rings. The number of benzene rings is 1. The second-order valence-electron chi connectivity index (χ2n) is 4.18. The Kier molecular flexibility index (Phi) is 6.56. The van der Waals surface area contributed by atoms with Crippen molar-refractivity contribution in [3.8, 4) is 11.5 Å². The van der Waals surface area contributed by atoms with E-state index < -0.39 is 0 Å². The summed E-state index contributed by atoms with van der Waals surface area (Å²) in [5, 5.41) is 0. The van der Waals surface area contributed by atoms with Crippen LogP contribution in [-0.4, -0.2) is 32.1 Å². The minimum Gasteiger partial charge on any atom is -0.497 e. The van der Waals surface area contributed by atoms with Gasteiger partial charge in [-0.2, -0.15) is 0 Å². The molecule has 0 aliphatic heterocycles. The van der Waals surface area contributed by atoms with E-state index in [9.17, 15) is 9.59 Å². The maximum atomic E-state index is 11.5. The van der Waals surface area contributed by atoms with Crippen LogP contribution in [0.1, 0.15) is 37.0 Å². The van der Waals surface area contributed by atoms with Crippen LogP contribution in [0.4, 0.5) is 0 Å². The Morgan fingerprint density at radius 2 is 2.00 bits per heavy atom. The number of methoxy groups -OCH3 is 1. The molecule has 1 rings (SSSR count). The highest BCUT2D eigenvalue weighted by molar-refractivity contribution is 5.97. The summed E-state index contributed by atoms with van der Waals surface area (Å²) in [6, 6.07) is 5.05. The molecule has 0 unspecified atom stereocenters. The zero-order valence-electron chi connectivity index (χ0n) is 12.1. The minimum absolute atomic E-state index is 0.0759. The van der Waals surface area contributed by atoms with Crippen molar-refractivity contribution in [1.82, 2.24) is 0 Å². The first kappa shape index (κ1) is 16.0. The lowest BCUT2D eigenvalue weighted by molar-refractivity contribution is -0.143. The predicted molar refractivity (Wildman–Crippen MR) is 74.4 cm³/mol. The Bertz CT molecular complexity index is 467. The molecule has 0 amide bonds. The monoisotopic (exact) mass is 280 g/mol. The van der Waals surface area contributed by atoms with Crippen molar-refractivity contribution in [3.63, 3.8) is 0 Å². The number of esters is 1. The van der Waals surface area contributed by atoms with Gasteiger partial charge in [0.15, 0.2) is 5.78 Å². The number of carbonyl (C=O) groups excluding carboxylic acids is 2. The molecule has 0 N–H and O–H groups in total. The quantitative estimate of drug-likeness (QED) is 0.416. The minimum atomic E-state index is -0.242. The van der Waals surface area contributed by atoms with Gasteiger partial charge in [0.25, 0.3) is 0 Å². The predicted octanol–water partition coefficient (Wildman–Crippen LogP) is 2.62. The molecule has 0 fully saturated rings. The molecule has 0 heterocycles. The first-order valence-electron chi connectivity index (χ1n) is 6.55. The molecule has 0 aliphatic carbocycles. The van der Waals surface area contributed by atoms with Gasteiger partial charge in [0, 0.05) is 12.5 Å². The normalized spacial score (nSPS) is 9.95. The maximum absolute atomic E-state index is 11.5. The molecule has 5 nitrogen and oxygen atoms in total. The first-order valence-corrected chi connectivity index (χ1v) is 6.55. The average molecular weight is 280 g/mol. The Labute approximate surface area is 118 Å². The summed E-state index contributed by atoms with van der Waals surface area (Å²) in [6.07, 6.45) is 0.834. The van der Waals surface area contributed by atoms with Crippen LogP contribution < -0.4 is 9.47 Å². The summed E-state index contributed by atoms with van der Waals surface area (Å²) in [4.78, 5) is 22.7. The fourth-order valence-corrected chi connectivity index (χ4v) is 1.67. The lowest BCUT2D eigenvalue weighted by atomic mass is 10.1. The average Bonchev–Trinajstić information content (AvgIpc) is 2.43. The van der Waals surface area contributed by atoms with E-state index in [2.05, 4.69) is 0 Å². The number of Topliss-reactive ketones (excluding diaryl/α,β-unsaturated/α-hetero) is 1. The standard InChI is InChI=1S/C15H20O5/c1-4-19-15(17)6-5-9-20-14-10-12(18-3)7-8-13(14)11(2)16/h7-8,10H,4-6,9H2,1-3H3. The lowest BCUT2D eigenvalue weighted by Gasteiger charge is -2.11. The van der Waals surface area contributed by atoms with E-state index in [0.717, 1.165) is 0 Å². The zero-order valence-corrected chi connectivity index (χ0v) is 12.1. The summed E-state index contributed by atoms with van der Waals surface area (Å²) in [5.41, 5.74) is 0.502. The smallest absolute Gasteiger partial charge is 0.305 e.